The summed E-state index contributed by atoms with van der Waals surface area (Å²) >= 11 is 0. The molecule has 0 spiro atoms. The quantitative estimate of drug-likeness (QED) is 0.246. The molecule has 0 amide bonds. The van der Waals surface area contributed by atoms with Gasteiger partial charge in [-0.1, -0.05) is 122 Å². The molecule has 33 heavy (non-hydrogen) atoms. The monoisotopic (exact) mass is 452 g/mol. The third kappa shape index (κ3) is 9.41. The highest BCUT2D eigenvalue weighted by Gasteiger charge is 2.23. The van der Waals surface area contributed by atoms with Crippen LogP contribution in [0.2, 0.25) is 0 Å². The third-order valence-corrected chi connectivity index (χ3v) is 9.39. The SMILES string of the molecule is CCCCCCCCCC1CCC(CCc2ccc(C3CCC(CCC)CC3)cc2C)CC1. The van der Waals surface area contributed by atoms with Gasteiger partial charge in [0, 0.05) is 0 Å². The van der Waals surface area contributed by atoms with Crippen LogP contribution in [0.25, 0.3) is 0 Å². The zero-order valence-corrected chi connectivity index (χ0v) is 22.7. The van der Waals surface area contributed by atoms with E-state index in [4.69, 9.17) is 0 Å². The van der Waals surface area contributed by atoms with Crippen molar-refractivity contribution >= 4 is 0 Å². The van der Waals surface area contributed by atoms with Crippen LogP contribution >= 0.6 is 0 Å². The predicted molar refractivity (Wildman–Crippen MR) is 147 cm³/mol. The zero-order valence-electron chi connectivity index (χ0n) is 22.7. The highest BCUT2D eigenvalue weighted by atomic mass is 14.3. The molecule has 0 heterocycles. The Balaban J connectivity index is 1.31. The Kier molecular flexibility index (Phi) is 12.4. The minimum absolute atomic E-state index is 0.831. The van der Waals surface area contributed by atoms with Crippen LogP contribution in [0.1, 0.15) is 158 Å². The fraction of sp³-hybridized carbons (Fsp3) is 0.818. The lowest BCUT2D eigenvalue weighted by Gasteiger charge is -2.29. The van der Waals surface area contributed by atoms with Gasteiger partial charge in [-0.3, -0.25) is 0 Å². The molecular weight excluding hydrogens is 396 g/mol. The average molecular weight is 453 g/mol. The van der Waals surface area contributed by atoms with Crippen LogP contribution < -0.4 is 0 Å². The molecule has 0 unspecified atom stereocenters. The van der Waals surface area contributed by atoms with E-state index in [9.17, 15) is 0 Å². The van der Waals surface area contributed by atoms with Gasteiger partial charge in [0.2, 0.25) is 0 Å². The summed E-state index contributed by atoms with van der Waals surface area (Å²) in [7, 11) is 0. The maximum atomic E-state index is 2.55. The maximum absolute atomic E-state index is 2.55. The second kappa shape index (κ2) is 15.3. The van der Waals surface area contributed by atoms with E-state index in [1.54, 1.807) is 16.7 Å². The highest BCUT2D eigenvalue weighted by molar-refractivity contribution is 5.33. The first-order valence-corrected chi connectivity index (χ1v) is 15.3. The van der Waals surface area contributed by atoms with E-state index in [2.05, 4.69) is 39.0 Å². The third-order valence-electron chi connectivity index (χ3n) is 9.39. The molecule has 1 aromatic rings. The number of unbranched alkanes of at least 4 members (excludes halogenated alkanes) is 6. The Morgan fingerprint density at radius 1 is 0.606 bits per heavy atom. The second-order valence-corrected chi connectivity index (χ2v) is 12.0. The molecule has 0 heteroatoms. The summed E-state index contributed by atoms with van der Waals surface area (Å²) < 4.78 is 0. The number of hydrogen-bond donors (Lipinski definition) is 0. The first kappa shape index (κ1) is 26.8. The Morgan fingerprint density at radius 3 is 1.82 bits per heavy atom. The molecule has 188 valence electrons. The molecule has 2 saturated carbocycles. The van der Waals surface area contributed by atoms with Crippen molar-refractivity contribution in [1.29, 1.82) is 0 Å². The minimum Gasteiger partial charge on any atom is -0.0654 e. The predicted octanol–water partition coefficient (Wildman–Crippen LogP) is 10.9. The van der Waals surface area contributed by atoms with E-state index in [1.165, 1.54) is 128 Å². The molecular formula is C33H56. The van der Waals surface area contributed by atoms with Crippen molar-refractivity contribution < 1.29 is 0 Å². The zero-order chi connectivity index (χ0) is 23.3. The Labute approximate surface area is 207 Å². The summed E-state index contributed by atoms with van der Waals surface area (Å²) in [6, 6.07) is 7.54. The van der Waals surface area contributed by atoms with Gasteiger partial charge in [-0.05, 0) is 85.8 Å². The molecule has 0 aliphatic heterocycles. The van der Waals surface area contributed by atoms with Crippen molar-refractivity contribution in [3.8, 4) is 0 Å². The highest BCUT2D eigenvalue weighted by Crippen LogP contribution is 2.38. The first-order chi connectivity index (χ1) is 16.2. The van der Waals surface area contributed by atoms with Gasteiger partial charge < -0.3 is 0 Å². The van der Waals surface area contributed by atoms with Gasteiger partial charge in [-0.25, -0.2) is 0 Å². The van der Waals surface area contributed by atoms with Gasteiger partial charge in [0.15, 0.2) is 0 Å². The van der Waals surface area contributed by atoms with Crippen LogP contribution in [0, 0.1) is 24.7 Å². The van der Waals surface area contributed by atoms with Gasteiger partial charge in [0.05, 0.1) is 0 Å². The van der Waals surface area contributed by atoms with E-state index in [0.717, 1.165) is 23.7 Å². The summed E-state index contributed by atoms with van der Waals surface area (Å²) in [6.45, 7) is 7.03. The fourth-order valence-corrected chi connectivity index (χ4v) is 7.00. The van der Waals surface area contributed by atoms with E-state index in [0.29, 0.717) is 0 Å². The topological polar surface area (TPSA) is 0 Å². The van der Waals surface area contributed by atoms with Gasteiger partial charge >= 0.3 is 0 Å². The normalized spacial score (nSPS) is 25.9. The molecule has 2 aliphatic rings. The van der Waals surface area contributed by atoms with Crippen LogP contribution in [0.5, 0.6) is 0 Å². The smallest absolute Gasteiger partial charge is 0.0162 e. The van der Waals surface area contributed by atoms with Gasteiger partial charge in [-0.2, -0.15) is 0 Å². The van der Waals surface area contributed by atoms with Crippen LogP contribution in [-0.2, 0) is 6.42 Å². The van der Waals surface area contributed by atoms with Crippen molar-refractivity contribution in [1.82, 2.24) is 0 Å². The molecule has 2 aliphatic carbocycles. The lowest BCUT2D eigenvalue weighted by Crippen LogP contribution is -2.15. The molecule has 0 bridgehead atoms. The summed E-state index contributed by atoms with van der Waals surface area (Å²) in [4.78, 5) is 0. The standard InChI is InChI=1S/C33H56/c1-4-6-7-8-9-10-11-13-29-14-16-30(17-15-29)18-21-31-24-25-33(26-27(31)3)32-22-19-28(12-5-2)20-23-32/h24-26,28-30,32H,4-23H2,1-3H3. The molecule has 2 fully saturated rings. The Bertz CT molecular complexity index is 627. The summed E-state index contributed by atoms with van der Waals surface area (Å²) in [5.74, 6) is 3.88. The van der Waals surface area contributed by atoms with E-state index >= 15 is 0 Å². The molecule has 0 N–H and O–H groups in total. The van der Waals surface area contributed by atoms with Crippen LogP contribution in [0.4, 0.5) is 0 Å². The van der Waals surface area contributed by atoms with Crippen LogP contribution in [0.3, 0.4) is 0 Å². The lowest BCUT2D eigenvalue weighted by molar-refractivity contribution is 0.248. The van der Waals surface area contributed by atoms with Gasteiger partial charge in [-0.15, -0.1) is 0 Å². The van der Waals surface area contributed by atoms with Gasteiger partial charge in [0.25, 0.3) is 0 Å². The van der Waals surface area contributed by atoms with Crippen LogP contribution in [0.15, 0.2) is 18.2 Å². The molecule has 0 radical (unpaired) electrons. The first-order valence-electron chi connectivity index (χ1n) is 15.3. The molecule has 1 aromatic carbocycles. The van der Waals surface area contributed by atoms with Crippen molar-refractivity contribution in [2.24, 2.45) is 17.8 Å². The van der Waals surface area contributed by atoms with Crippen molar-refractivity contribution in [3.05, 3.63) is 34.9 Å². The second-order valence-electron chi connectivity index (χ2n) is 12.0. The summed E-state index contributed by atoms with van der Waals surface area (Å²) in [5, 5.41) is 0. The van der Waals surface area contributed by atoms with E-state index in [-0.39, 0.29) is 0 Å². The Morgan fingerprint density at radius 2 is 1.18 bits per heavy atom. The van der Waals surface area contributed by atoms with Crippen molar-refractivity contribution in [2.45, 2.75) is 155 Å². The van der Waals surface area contributed by atoms with E-state index in [1.807, 2.05) is 0 Å². The largest absolute Gasteiger partial charge is 0.0654 e. The molecule has 0 nitrogen and oxygen atoms in total. The molecule has 0 atom stereocenters. The van der Waals surface area contributed by atoms with Crippen molar-refractivity contribution in [3.63, 3.8) is 0 Å². The lowest BCUT2D eigenvalue weighted by atomic mass is 9.76. The number of rotatable bonds is 14. The Hall–Kier alpha value is -0.780. The van der Waals surface area contributed by atoms with Gasteiger partial charge in [0.1, 0.15) is 0 Å². The maximum Gasteiger partial charge on any atom is -0.0162 e. The summed E-state index contributed by atoms with van der Waals surface area (Å²) in [6.07, 6.45) is 29.1. The average Bonchev–Trinajstić information content (AvgIpc) is 2.84. The summed E-state index contributed by atoms with van der Waals surface area (Å²) in [5.41, 5.74) is 4.83. The number of aryl methyl sites for hydroxylation is 2. The minimum atomic E-state index is 0.831. The fourth-order valence-electron chi connectivity index (χ4n) is 7.00. The number of benzene rings is 1. The van der Waals surface area contributed by atoms with Crippen molar-refractivity contribution in [2.75, 3.05) is 0 Å². The van der Waals surface area contributed by atoms with Crippen LogP contribution in [-0.4, -0.2) is 0 Å². The molecule has 0 saturated heterocycles. The molecule has 3 rings (SSSR count). The van der Waals surface area contributed by atoms with E-state index < -0.39 is 0 Å². The number of hydrogen-bond acceptors (Lipinski definition) is 0. The molecule has 0 aromatic heterocycles.